The molecule has 0 spiro atoms. The highest BCUT2D eigenvalue weighted by atomic mass is 17.0. The number of hydroxylamine groups is 6. The second kappa shape index (κ2) is 21.6. The average Bonchev–Trinajstić information content (AvgIpc) is 2.95. The molecule has 0 saturated heterocycles. The fraction of sp³-hybridized carbons (Fsp3) is 0.966. The van der Waals surface area contributed by atoms with Gasteiger partial charge in [-0.3, -0.25) is 19.4 Å². The van der Waals surface area contributed by atoms with E-state index in [9.17, 15) is 0 Å². The minimum atomic E-state index is -1.75. The highest BCUT2D eigenvalue weighted by Crippen LogP contribution is 2.41. The largest absolute Gasteiger partial charge is 0.368 e. The lowest BCUT2D eigenvalue weighted by molar-refractivity contribution is -0.582. The first-order chi connectivity index (χ1) is 19.9. The van der Waals surface area contributed by atoms with Gasteiger partial charge in [0.25, 0.3) is 0 Å². The monoisotopic (exact) mass is 590 g/mol. The van der Waals surface area contributed by atoms with E-state index in [1.807, 2.05) is 19.0 Å². The first kappa shape index (κ1) is 37.9. The molecule has 0 amide bonds. The van der Waals surface area contributed by atoms with Gasteiger partial charge in [-0.05, 0) is 57.7 Å². The van der Waals surface area contributed by atoms with E-state index in [0.29, 0.717) is 39.6 Å². The smallest absolute Gasteiger partial charge is 0.360 e. The Morgan fingerprint density at radius 2 is 1.07 bits per heavy atom. The summed E-state index contributed by atoms with van der Waals surface area (Å²) in [6, 6.07) is 0. The van der Waals surface area contributed by atoms with Gasteiger partial charge in [-0.15, -0.1) is 0 Å². The number of nitrogens with zero attached hydrogens (tertiary/aromatic N) is 5. The molecule has 1 rings (SSSR count). The number of rotatable bonds is 26. The van der Waals surface area contributed by atoms with E-state index in [2.05, 4.69) is 41.5 Å². The highest BCUT2D eigenvalue weighted by Gasteiger charge is 2.66. The number of guanidine groups is 1. The Hall–Kier alpha value is -1.09. The van der Waals surface area contributed by atoms with Crippen LogP contribution in [0.2, 0.25) is 0 Å². The third-order valence-electron chi connectivity index (χ3n) is 6.52. The van der Waals surface area contributed by atoms with E-state index in [0.717, 1.165) is 77.0 Å². The molecule has 2 N–H and O–H groups in total. The quantitative estimate of drug-likeness (QED) is 0.0777. The van der Waals surface area contributed by atoms with E-state index >= 15 is 0 Å². The molecule has 244 valence electrons. The Balaban J connectivity index is 3.93. The molecule has 0 aromatic carbocycles. The molecule has 1 heterocycles. The van der Waals surface area contributed by atoms with Gasteiger partial charge in [0.15, 0.2) is 0 Å². The second-order valence-corrected chi connectivity index (χ2v) is 10.5. The van der Waals surface area contributed by atoms with Gasteiger partial charge < -0.3 is 15.2 Å². The molecule has 2 atom stereocenters. The standard InChI is InChI=1S/C29H62N6O6/c1-9-15-21-36-28(35(40-25-19-13-5)41-26-20-14-6)31-27(30)33(38-23-17-11-3)29(32(7)8,37-22-16-10-2)34(28)39-24-18-12-4/h9-26H2,1-8H3,(H2,30,31). The maximum atomic E-state index is 6.77. The fourth-order valence-electron chi connectivity index (χ4n) is 3.94. The van der Waals surface area contributed by atoms with Crippen LogP contribution >= 0.6 is 0 Å². The Morgan fingerprint density at radius 3 is 1.56 bits per heavy atom. The van der Waals surface area contributed by atoms with E-state index in [1.165, 1.54) is 10.3 Å². The van der Waals surface area contributed by atoms with Gasteiger partial charge in [0.05, 0.1) is 39.6 Å². The summed E-state index contributed by atoms with van der Waals surface area (Å²) in [6.07, 6.45) is 10.6. The lowest BCUT2D eigenvalue weighted by Crippen LogP contribution is -2.82. The molecule has 0 fully saturated rings. The second-order valence-electron chi connectivity index (χ2n) is 10.5. The predicted octanol–water partition coefficient (Wildman–Crippen LogP) is 5.57. The average molecular weight is 591 g/mol. The molecular weight excluding hydrogens is 528 g/mol. The van der Waals surface area contributed by atoms with E-state index in [4.69, 9.17) is 39.6 Å². The number of hydrogen-bond donors (Lipinski definition) is 1. The summed E-state index contributed by atoms with van der Waals surface area (Å²) in [5.41, 5.74) is 6.77. The van der Waals surface area contributed by atoms with Crippen LogP contribution in [0.1, 0.15) is 119 Å². The van der Waals surface area contributed by atoms with Crippen LogP contribution < -0.4 is 5.73 Å². The Bertz CT molecular complexity index is 680. The van der Waals surface area contributed by atoms with Crippen LogP contribution in [0.3, 0.4) is 0 Å². The minimum absolute atomic E-state index is 0.0707. The first-order valence-corrected chi connectivity index (χ1v) is 16.1. The van der Waals surface area contributed by atoms with Gasteiger partial charge in [0.2, 0.25) is 5.96 Å². The molecule has 0 aromatic heterocycles. The molecule has 1 aliphatic rings. The SMILES string of the molecule is CCCCON(OCCCC)C1(OCCCC)N=C(N)N(OCCCC)C(OCCCC)(N(C)C)N1OCCCC. The van der Waals surface area contributed by atoms with Gasteiger partial charge in [0, 0.05) is 5.23 Å². The van der Waals surface area contributed by atoms with E-state index in [-0.39, 0.29) is 5.96 Å². The zero-order chi connectivity index (χ0) is 30.6. The third-order valence-corrected chi connectivity index (χ3v) is 6.52. The summed E-state index contributed by atoms with van der Waals surface area (Å²) < 4.78 is 13.4. The zero-order valence-corrected chi connectivity index (χ0v) is 27.5. The van der Waals surface area contributed by atoms with Gasteiger partial charge in [-0.2, -0.15) is 10.1 Å². The maximum Gasteiger partial charge on any atom is 0.360 e. The Morgan fingerprint density at radius 1 is 0.634 bits per heavy atom. The molecule has 0 bridgehead atoms. The van der Waals surface area contributed by atoms with Crippen molar-refractivity contribution in [3.05, 3.63) is 0 Å². The van der Waals surface area contributed by atoms with Crippen LogP contribution in [-0.4, -0.2) is 91.9 Å². The number of aliphatic imine (C=N–C) groups is 1. The molecule has 0 radical (unpaired) electrons. The van der Waals surface area contributed by atoms with Crippen LogP contribution in [0.5, 0.6) is 0 Å². The van der Waals surface area contributed by atoms with Crippen molar-refractivity contribution in [2.24, 2.45) is 10.7 Å². The molecule has 0 aliphatic carbocycles. The summed E-state index contributed by atoms with van der Waals surface area (Å²) in [7, 11) is 3.79. The van der Waals surface area contributed by atoms with Crippen LogP contribution in [0.25, 0.3) is 0 Å². The topological polar surface area (TPSA) is 107 Å². The molecule has 12 nitrogen and oxygen atoms in total. The Kier molecular flexibility index (Phi) is 20.0. The van der Waals surface area contributed by atoms with Crippen LogP contribution in [0, 0.1) is 0 Å². The van der Waals surface area contributed by atoms with Crippen LogP contribution in [0.15, 0.2) is 4.99 Å². The number of nitrogens with two attached hydrogens (primary N) is 1. The summed E-state index contributed by atoms with van der Waals surface area (Å²) >= 11 is 0. The zero-order valence-electron chi connectivity index (χ0n) is 27.5. The first-order valence-electron chi connectivity index (χ1n) is 16.1. The van der Waals surface area contributed by atoms with Crippen molar-refractivity contribution < 1.29 is 28.8 Å². The molecule has 41 heavy (non-hydrogen) atoms. The van der Waals surface area contributed by atoms with Gasteiger partial charge in [-0.25, -0.2) is 4.90 Å². The van der Waals surface area contributed by atoms with E-state index in [1.54, 1.807) is 5.06 Å². The van der Waals surface area contributed by atoms with E-state index < -0.39 is 11.9 Å². The minimum Gasteiger partial charge on any atom is -0.368 e. The normalized spacial score (nSPS) is 21.8. The lowest BCUT2D eigenvalue weighted by Gasteiger charge is -2.58. The number of ether oxygens (including phenoxy) is 2. The predicted molar refractivity (Wildman–Crippen MR) is 161 cm³/mol. The van der Waals surface area contributed by atoms with Crippen molar-refractivity contribution in [1.82, 2.24) is 20.3 Å². The Labute approximate surface area is 250 Å². The maximum absolute atomic E-state index is 6.77. The molecule has 0 saturated carbocycles. The molecular formula is C29H62N6O6. The highest BCUT2D eigenvalue weighted by molar-refractivity contribution is 5.78. The fourth-order valence-corrected chi connectivity index (χ4v) is 3.94. The van der Waals surface area contributed by atoms with Gasteiger partial charge in [-0.1, -0.05) is 80.1 Å². The molecule has 0 aromatic rings. The lowest BCUT2D eigenvalue weighted by atomic mass is 10.3. The summed E-state index contributed by atoms with van der Waals surface area (Å²) in [4.78, 5) is 32.3. The van der Waals surface area contributed by atoms with Crippen LogP contribution in [-0.2, 0) is 28.8 Å². The van der Waals surface area contributed by atoms with Crippen molar-refractivity contribution in [3.8, 4) is 0 Å². The van der Waals surface area contributed by atoms with Crippen molar-refractivity contribution in [2.75, 3.05) is 53.7 Å². The summed E-state index contributed by atoms with van der Waals surface area (Å²) in [5.74, 6) is -3.17. The van der Waals surface area contributed by atoms with Gasteiger partial charge in [0.1, 0.15) is 0 Å². The molecule has 12 heteroatoms. The molecule has 1 aliphatic heterocycles. The van der Waals surface area contributed by atoms with Crippen molar-refractivity contribution in [1.29, 1.82) is 0 Å². The van der Waals surface area contributed by atoms with Crippen molar-refractivity contribution in [2.45, 2.75) is 131 Å². The van der Waals surface area contributed by atoms with Gasteiger partial charge >= 0.3 is 11.9 Å². The van der Waals surface area contributed by atoms with Crippen molar-refractivity contribution in [3.63, 3.8) is 0 Å². The summed E-state index contributed by atoms with van der Waals surface area (Å²) in [5, 5.41) is 4.42. The number of unbranched alkanes of at least 4 members (excludes halogenated alkanes) is 6. The third kappa shape index (κ3) is 10.8. The van der Waals surface area contributed by atoms with Crippen molar-refractivity contribution >= 4 is 5.96 Å². The molecule has 2 unspecified atom stereocenters. The summed E-state index contributed by atoms with van der Waals surface area (Å²) in [6.45, 7) is 15.1. The number of hydrogen-bond acceptors (Lipinski definition) is 12. The van der Waals surface area contributed by atoms with Crippen LogP contribution in [0.4, 0.5) is 0 Å².